The molecule has 1 unspecified atom stereocenters. The highest BCUT2D eigenvalue weighted by Crippen LogP contribution is 2.38. The third-order valence-electron chi connectivity index (χ3n) is 4.08. The molecule has 2 saturated heterocycles. The van der Waals surface area contributed by atoms with Crippen molar-refractivity contribution in [3.8, 4) is 0 Å². The first-order valence-electron chi connectivity index (χ1n) is 6.42. The lowest BCUT2D eigenvalue weighted by Gasteiger charge is -2.22. The van der Waals surface area contributed by atoms with E-state index in [1.807, 2.05) is 0 Å². The van der Waals surface area contributed by atoms with Gasteiger partial charge in [-0.05, 0) is 31.0 Å². The summed E-state index contributed by atoms with van der Waals surface area (Å²) in [7, 11) is 0. The average molecular weight is 267 g/mol. The molecule has 1 amide bonds. The van der Waals surface area contributed by atoms with Crippen molar-refractivity contribution in [3.63, 3.8) is 0 Å². The third kappa shape index (κ3) is 2.23. The van der Waals surface area contributed by atoms with Crippen LogP contribution in [0.2, 0.25) is 0 Å². The molecule has 2 aliphatic heterocycles. The second-order valence-corrected chi connectivity index (χ2v) is 5.41. The van der Waals surface area contributed by atoms with Gasteiger partial charge in [0.25, 0.3) is 5.91 Å². The lowest BCUT2D eigenvalue weighted by molar-refractivity contribution is 0.0765. The molecule has 1 aromatic carbocycles. The zero-order valence-electron chi connectivity index (χ0n) is 10.5. The van der Waals surface area contributed by atoms with E-state index in [0.717, 1.165) is 31.6 Å². The van der Waals surface area contributed by atoms with E-state index in [1.165, 1.54) is 6.07 Å². The minimum Gasteiger partial charge on any atom is -0.381 e. The fourth-order valence-electron chi connectivity index (χ4n) is 2.89. The Morgan fingerprint density at radius 2 is 2.11 bits per heavy atom. The van der Waals surface area contributed by atoms with Crippen molar-refractivity contribution >= 4 is 5.91 Å². The van der Waals surface area contributed by atoms with Crippen LogP contribution in [0, 0.1) is 17.0 Å². The van der Waals surface area contributed by atoms with Crippen molar-refractivity contribution in [2.45, 2.75) is 12.8 Å². The fraction of sp³-hybridized carbons (Fsp3) is 0.500. The second-order valence-electron chi connectivity index (χ2n) is 5.41. The van der Waals surface area contributed by atoms with Crippen LogP contribution in [0.5, 0.6) is 0 Å². The van der Waals surface area contributed by atoms with Crippen LogP contribution in [-0.4, -0.2) is 37.1 Å². The van der Waals surface area contributed by atoms with Gasteiger partial charge in [-0.15, -0.1) is 0 Å². The van der Waals surface area contributed by atoms with E-state index in [9.17, 15) is 13.6 Å². The first-order chi connectivity index (χ1) is 9.10. The van der Waals surface area contributed by atoms with Gasteiger partial charge in [0, 0.05) is 30.7 Å². The van der Waals surface area contributed by atoms with Gasteiger partial charge in [-0.1, -0.05) is 0 Å². The van der Waals surface area contributed by atoms with Gasteiger partial charge in [-0.2, -0.15) is 0 Å². The molecule has 2 aliphatic rings. The standard InChI is InChI=1S/C14H15F2NO2/c15-11-2-1-10(7-12(11)16)13(18)17-5-3-14(8-17)4-6-19-9-14/h1-2,7H,3-6,8-9H2. The minimum absolute atomic E-state index is 0.0776. The molecule has 2 heterocycles. The number of amides is 1. The Morgan fingerprint density at radius 3 is 2.79 bits per heavy atom. The number of carbonyl (C=O) groups excluding carboxylic acids is 1. The number of ether oxygens (including phenoxy) is 1. The Kier molecular flexibility index (Phi) is 3.01. The lowest BCUT2D eigenvalue weighted by atomic mass is 9.87. The van der Waals surface area contributed by atoms with Crippen molar-refractivity contribution < 1.29 is 18.3 Å². The molecule has 0 radical (unpaired) electrons. The number of likely N-dealkylation sites (tertiary alicyclic amines) is 1. The summed E-state index contributed by atoms with van der Waals surface area (Å²) in [5.74, 6) is -2.15. The lowest BCUT2D eigenvalue weighted by Crippen LogP contribution is -2.32. The quantitative estimate of drug-likeness (QED) is 0.781. The summed E-state index contributed by atoms with van der Waals surface area (Å²) in [6.45, 7) is 2.73. The highest BCUT2D eigenvalue weighted by Gasteiger charge is 2.42. The normalized spacial score (nSPS) is 26.3. The Labute approximate surface area is 110 Å². The fourth-order valence-corrected chi connectivity index (χ4v) is 2.89. The van der Waals surface area contributed by atoms with E-state index in [1.54, 1.807) is 4.90 Å². The number of benzene rings is 1. The number of hydrogen-bond acceptors (Lipinski definition) is 2. The van der Waals surface area contributed by atoms with Gasteiger partial charge in [-0.3, -0.25) is 4.79 Å². The number of nitrogens with zero attached hydrogens (tertiary/aromatic N) is 1. The first-order valence-corrected chi connectivity index (χ1v) is 6.42. The molecule has 0 aliphatic carbocycles. The molecule has 0 saturated carbocycles. The van der Waals surface area contributed by atoms with Gasteiger partial charge in [0.2, 0.25) is 0 Å². The van der Waals surface area contributed by atoms with Crippen LogP contribution < -0.4 is 0 Å². The highest BCUT2D eigenvalue weighted by molar-refractivity contribution is 5.94. The molecule has 102 valence electrons. The Balaban J connectivity index is 1.76. The molecular formula is C14H15F2NO2. The van der Waals surface area contributed by atoms with E-state index in [4.69, 9.17) is 4.74 Å². The zero-order valence-corrected chi connectivity index (χ0v) is 10.5. The smallest absolute Gasteiger partial charge is 0.253 e. The third-order valence-corrected chi connectivity index (χ3v) is 4.08. The summed E-state index contributed by atoms with van der Waals surface area (Å²) < 4.78 is 31.4. The maximum Gasteiger partial charge on any atom is 0.253 e. The molecule has 0 aromatic heterocycles. The number of hydrogen-bond donors (Lipinski definition) is 0. The highest BCUT2D eigenvalue weighted by atomic mass is 19.2. The molecule has 19 heavy (non-hydrogen) atoms. The predicted octanol–water partition coefficient (Wildman–Crippen LogP) is 2.22. The number of halogens is 2. The van der Waals surface area contributed by atoms with E-state index in [2.05, 4.69) is 0 Å². The first kappa shape index (κ1) is 12.5. The van der Waals surface area contributed by atoms with Crippen LogP contribution in [0.1, 0.15) is 23.2 Å². The van der Waals surface area contributed by atoms with E-state index >= 15 is 0 Å². The SMILES string of the molecule is O=C(c1ccc(F)c(F)c1)N1CCC2(CCOC2)C1. The molecule has 3 rings (SSSR count). The summed E-state index contributed by atoms with van der Waals surface area (Å²) in [5, 5.41) is 0. The van der Waals surface area contributed by atoms with Gasteiger partial charge in [0.1, 0.15) is 0 Å². The molecule has 0 N–H and O–H groups in total. The second kappa shape index (κ2) is 4.56. The van der Waals surface area contributed by atoms with E-state index < -0.39 is 11.6 Å². The van der Waals surface area contributed by atoms with Crippen LogP contribution in [0.3, 0.4) is 0 Å². The van der Waals surface area contributed by atoms with Gasteiger partial charge in [-0.25, -0.2) is 8.78 Å². The molecule has 1 spiro atoms. The Morgan fingerprint density at radius 1 is 1.26 bits per heavy atom. The Bertz CT molecular complexity index is 512. The summed E-state index contributed by atoms with van der Waals surface area (Å²) >= 11 is 0. The van der Waals surface area contributed by atoms with Crippen molar-refractivity contribution in [1.29, 1.82) is 0 Å². The summed E-state index contributed by atoms with van der Waals surface area (Å²) in [6.07, 6.45) is 1.89. The topological polar surface area (TPSA) is 29.5 Å². The van der Waals surface area contributed by atoms with Crippen molar-refractivity contribution in [2.75, 3.05) is 26.3 Å². The van der Waals surface area contributed by atoms with Crippen molar-refractivity contribution in [3.05, 3.63) is 35.4 Å². The molecule has 2 fully saturated rings. The van der Waals surface area contributed by atoms with E-state index in [-0.39, 0.29) is 16.9 Å². The van der Waals surface area contributed by atoms with Gasteiger partial charge in [0.15, 0.2) is 11.6 Å². The Hall–Kier alpha value is -1.49. The molecule has 3 nitrogen and oxygen atoms in total. The van der Waals surface area contributed by atoms with Crippen LogP contribution in [-0.2, 0) is 4.74 Å². The molecular weight excluding hydrogens is 252 g/mol. The number of rotatable bonds is 1. The summed E-state index contributed by atoms with van der Waals surface area (Å²) in [4.78, 5) is 14.0. The number of carbonyl (C=O) groups is 1. The van der Waals surface area contributed by atoms with Gasteiger partial charge < -0.3 is 9.64 Å². The summed E-state index contributed by atoms with van der Waals surface area (Å²) in [6, 6.07) is 3.29. The van der Waals surface area contributed by atoms with Gasteiger partial charge >= 0.3 is 0 Å². The van der Waals surface area contributed by atoms with Crippen LogP contribution in [0.25, 0.3) is 0 Å². The molecule has 1 atom stereocenters. The molecule has 1 aromatic rings. The monoisotopic (exact) mass is 267 g/mol. The summed E-state index contributed by atoms with van der Waals surface area (Å²) in [5.41, 5.74) is 0.281. The molecule has 0 bridgehead atoms. The molecule has 5 heteroatoms. The predicted molar refractivity (Wildman–Crippen MR) is 64.7 cm³/mol. The van der Waals surface area contributed by atoms with Crippen molar-refractivity contribution in [1.82, 2.24) is 4.90 Å². The van der Waals surface area contributed by atoms with Crippen LogP contribution in [0.15, 0.2) is 18.2 Å². The van der Waals surface area contributed by atoms with Gasteiger partial charge in [0.05, 0.1) is 6.61 Å². The zero-order chi connectivity index (χ0) is 13.5. The minimum atomic E-state index is -0.982. The van der Waals surface area contributed by atoms with Crippen LogP contribution >= 0.6 is 0 Å². The average Bonchev–Trinajstić information content (AvgIpc) is 3.03. The van der Waals surface area contributed by atoms with Crippen molar-refractivity contribution in [2.24, 2.45) is 5.41 Å². The maximum atomic E-state index is 13.2. The maximum absolute atomic E-state index is 13.2. The van der Waals surface area contributed by atoms with E-state index in [0.29, 0.717) is 19.7 Å². The van der Waals surface area contributed by atoms with Crippen LogP contribution in [0.4, 0.5) is 8.78 Å². The largest absolute Gasteiger partial charge is 0.381 e.